The van der Waals surface area contributed by atoms with Gasteiger partial charge in [-0.2, -0.15) is 0 Å². The molecule has 2 heterocycles. The summed E-state index contributed by atoms with van der Waals surface area (Å²) in [4.78, 5) is 19.1. The number of likely N-dealkylation sites (tertiary alicyclic amines) is 1. The van der Waals surface area contributed by atoms with Gasteiger partial charge in [0.25, 0.3) is 0 Å². The van der Waals surface area contributed by atoms with Crippen LogP contribution >= 0.6 is 0 Å². The molecule has 4 nitrogen and oxygen atoms in total. The molecule has 0 unspecified atom stereocenters. The molecule has 126 valence electrons. The third-order valence-electron chi connectivity index (χ3n) is 4.69. The van der Waals surface area contributed by atoms with E-state index in [1.165, 1.54) is 5.56 Å². The first-order valence-electron chi connectivity index (χ1n) is 8.54. The number of rotatable bonds is 5. The van der Waals surface area contributed by atoms with Crippen molar-refractivity contribution in [2.24, 2.45) is 0 Å². The zero-order valence-electron chi connectivity index (χ0n) is 14.1. The van der Waals surface area contributed by atoms with Crippen LogP contribution in [0.25, 0.3) is 0 Å². The Morgan fingerprint density at radius 2 is 2.00 bits per heavy atom. The number of nitrogens with zero attached hydrogens (tertiary/aromatic N) is 2. The summed E-state index contributed by atoms with van der Waals surface area (Å²) in [7, 11) is 1.75. The van der Waals surface area contributed by atoms with Crippen LogP contribution in [-0.2, 0) is 22.4 Å². The van der Waals surface area contributed by atoms with Gasteiger partial charge in [-0.05, 0) is 37.0 Å². The highest BCUT2D eigenvalue weighted by Gasteiger charge is 2.34. The molecule has 0 N–H and O–H groups in total. The monoisotopic (exact) mass is 324 g/mol. The number of carbonyl (C=O) groups excluding carboxylic acids is 1. The van der Waals surface area contributed by atoms with Crippen molar-refractivity contribution >= 4 is 5.91 Å². The Balaban J connectivity index is 1.76. The number of methoxy groups -OCH3 is 1. The second-order valence-electron chi connectivity index (χ2n) is 6.26. The van der Waals surface area contributed by atoms with Crippen molar-refractivity contribution < 1.29 is 9.53 Å². The Kier molecular flexibility index (Phi) is 5.59. The topological polar surface area (TPSA) is 42.4 Å². The van der Waals surface area contributed by atoms with Gasteiger partial charge in [0.1, 0.15) is 0 Å². The number of ether oxygens (including phenoxy) is 1. The van der Waals surface area contributed by atoms with E-state index in [0.29, 0.717) is 6.42 Å². The van der Waals surface area contributed by atoms with E-state index in [2.05, 4.69) is 17.1 Å². The van der Waals surface area contributed by atoms with Gasteiger partial charge in [-0.3, -0.25) is 9.78 Å². The summed E-state index contributed by atoms with van der Waals surface area (Å²) in [5.41, 5.74) is 2.06. The first-order chi connectivity index (χ1) is 11.8. The summed E-state index contributed by atoms with van der Waals surface area (Å²) < 4.78 is 5.70. The maximum atomic E-state index is 12.9. The van der Waals surface area contributed by atoms with Gasteiger partial charge in [0, 0.05) is 25.5 Å². The third kappa shape index (κ3) is 4.01. The van der Waals surface area contributed by atoms with E-state index in [9.17, 15) is 4.79 Å². The van der Waals surface area contributed by atoms with Gasteiger partial charge in [-0.25, -0.2) is 0 Å². The van der Waals surface area contributed by atoms with Crippen LogP contribution in [0, 0.1) is 0 Å². The summed E-state index contributed by atoms with van der Waals surface area (Å²) >= 11 is 0. The Labute approximate surface area is 143 Å². The van der Waals surface area contributed by atoms with Gasteiger partial charge in [0.05, 0.1) is 18.6 Å². The summed E-state index contributed by atoms with van der Waals surface area (Å²) in [6.07, 6.45) is 4.99. The minimum Gasteiger partial charge on any atom is -0.379 e. The molecule has 0 spiro atoms. The van der Waals surface area contributed by atoms with E-state index in [4.69, 9.17) is 4.74 Å². The van der Waals surface area contributed by atoms with Gasteiger partial charge in [0.15, 0.2) is 0 Å². The van der Waals surface area contributed by atoms with Crippen LogP contribution in [0.4, 0.5) is 0 Å². The zero-order chi connectivity index (χ0) is 16.8. The highest BCUT2D eigenvalue weighted by atomic mass is 16.5. The minimum atomic E-state index is 0.0855. The van der Waals surface area contributed by atoms with Crippen LogP contribution in [0.2, 0.25) is 0 Å². The molecule has 0 bridgehead atoms. The summed E-state index contributed by atoms with van der Waals surface area (Å²) in [5.74, 6) is 0.136. The molecule has 0 saturated carbocycles. The number of hydrogen-bond acceptors (Lipinski definition) is 3. The molecule has 1 amide bonds. The largest absolute Gasteiger partial charge is 0.379 e. The predicted octanol–water partition coefficient (Wildman–Crippen LogP) is 2.87. The van der Waals surface area contributed by atoms with E-state index in [-0.39, 0.29) is 18.1 Å². The van der Waals surface area contributed by atoms with Crippen molar-refractivity contribution in [1.82, 2.24) is 9.88 Å². The smallest absolute Gasteiger partial charge is 0.228 e. The minimum absolute atomic E-state index is 0.0855. The van der Waals surface area contributed by atoms with E-state index < -0.39 is 0 Å². The molecular formula is C20H24N2O2. The third-order valence-corrected chi connectivity index (χ3v) is 4.69. The molecule has 1 aliphatic heterocycles. The fraction of sp³-hybridized carbons (Fsp3) is 0.400. The molecule has 3 rings (SSSR count). The maximum Gasteiger partial charge on any atom is 0.228 e. The molecule has 1 fully saturated rings. The summed E-state index contributed by atoms with van der Waals surface area (Å²) in [6.45, 7) is 0.795. The SMILES string of the molecule is CO[C@H]1CCCN(C(=O)Cc2ccccn2)[C@H]1Cc1ccccc1. The second kappa shape index (κ2) is 8.06. The van der Waals surface area contributed by atoms with Crippen molar-refractivity contribution in [2.45, 2.75) is 37.8 Å². The van der Waals surface area contributed by atoms with Crippen LogP contribution in [0.15, 0.2) is 54.7 Å². The lowest BCUT2D eigenvalue weighted by molar-refractivity contribution is -0.139. The molecule has 0 radical (unpaired) electrons. The standard InChI is InChI=1S/C20H24N2O2/c1-24-19-11-7-13-22(18(19)14-16-8-3-2-4-9-16)20(23)15-17-10-5-6-12-21-17/h2-6,8-10,12,18-19H,7,11,13-15H2,1H3/t18-,19-/m0/s1. The predicted molar refractivity (Wildman–Crippen MR) is 93.6 cm³/mol. The lowest BCUT2D eigenvalue weighted by atomic mass is 9.92. The van der Waals surface area contributed by atoms with Gasteiger partial charge < -0.3 is 9.64 Å². The molecule has 4 heteroatoms. The van der Waals surface area contributed by atoms with E-state index in [0.717, 1.165) is 31.5 Å². The molecule has 1 saturated heterocycles. The van der Waals surface area contributed by atoms with Crippen LogP contribution in [0.1, 0.15) is 24.1 Å². The summed E-state index contributed by atoms with van der Waals surface area (Å²) in [5, 5.41) is 0. The van der Waals surface area contributed by atoms with E-state index >= 15 is 0 Å². The fourth-order valence-corrected chi connectivity index (χ4v) is 3.46. The quantitative estimate of drug-likeness (QED) is 0.849. The van der Waals surface area contributed by atoms with Crippen LogP contribution in [0.3, 0.4) is 0 Å². The van der Waals surface area contributed by atoms with Crippen molar-refractivity contribution in [3.63, 3.8) is 0 Å². The highest BCUT2D eigenvalue weighted by molar-refractivity contribution is 5.79. The van der Waals surface area contributed by atoms with Gasteiger partial charge >= 0.3 is 0 Å². The zero-order valence-corrected chi connectivity index (χ0v) is 14.1. The molecular weight excluding hydrogens is 300 g/mol. The number of piperidine rings is 1. The molecule has 0 aliphatic carbocycles. The van der Waals surface area contributed by atoms with Crippen molar-refractivity contribution in [2.75, 3.05) is 13.7 Å². The number of benzene rings is 1. The number of aromatic nitrogens is 1. The van der Waals surface area contributed by atoms with E-state index in [1.807, 2.05) is 41.3 Å². The molecule has 1 aromatic carbocycles. The molecule has 24 heavy (non-hydrogen) atoms. The molecule has 1 aromatic heterocycles. The van der Waals surface area contributed by atoms with Crippen molar-refractivity contribution in [3.8, 4) is 0 Å². The number of carbonyl (C=O) groups is 1. The number of amides is 1. The first kappa shape index (κ1) is 16.7. The number of hydrogen-bond donors (Lipinski definition) is 0. The maximum absolute atomic E-state index is 12.9. The van der Waals surface area contributed by atoms with Gasteiger partial charge in [-0.15, -0.1) is 0 Å². The van der Waals surface area contributed by atoms with Gasteiger partial charge in [0.2, 0.25) is 5.91 Å². The fourth-order valence-electron chi connectivity index (χ4n) is 3.46. The second-order valence-corrected chi connectivity index (χ2v) is 6.26. The Morgan fingerprint density at radius 3 is 2.71 bits per heavy atom. The molecule has 2 aromatic rings. The lowest BCUT2D eigenvalue weighted by Gasteiger charge is -2.41. The number of pyridine rings is 1. The average Bonchev–Trinajstić information content (AvgIpc) is 2.63. The Hall–Kier alpha value is -2.20. The van der Waals surface area contributed by atoms with Crippen LogP contribution in [-0.4, -0.2) is 41.6 Å². The Morgan fingerprint density at radius 1 is 1.21 bits per heavy atom. The van der Waals surface area contributed by atoms with Gasteiger partial charge in [-0.1, -0.05) is 36.4 Å². The average molecular weight is 324 g/mol. The lowest BCUT2D eigenvalue weighted by Crippen LogP contribution is -2.53. The molecule has 1 aliphatic rings. The van der Waals surface area contributed by atoms with Crippen LogP contribution in [0.5, 0.6) is 0 Å². The van der Waals surface area contributed by atoms with Crippen molar-refractivity contribution in [1.29, 1.82) is 0 Å². The van der Waals surface area contributed by atoms with E-state index in [1.54, 1.807) is 13.3 Å². The highest BCUT2D eigenvalue weighted by Crippen LogP contribution is 2.24. The summed E-state index contributed by atoms with van der Waals surface area (Å²) in [6, 6.07) is 16.1. The first-order valence-corrected chi connectivity index (χ1v) is 8.54. The van der Waals surface area contributed by atoms with Crippen molar-refractivity contribution in [3.05, 3.63) is 66.0 Å². The normalized spacial score (nSPS) is 20.8. The Bertz CT molecular complexity index is 645. The van der Waals surface area contributed by atoms with Crippen LogP contribution < -0.4 is 0 Å². The molecule has 2 atom stereocenters.